The number of halogens is 1. The van der Waals surface area contributed by atoms with Crippen molar-refractivity contribution in [3.63, 3.8) is 0 Å². The van der Waals surface area contributed by atoms with E-state index in [2.05, 4.69) is 21.0 Å². The highest BCUT2D eigenvalue weighted by atomic mass is 35.5. The summed E-state index contributed by atoms with van der Waals surface area (Å²) in [6, 6.07) is 14.0. The molecule has 2 amide bonds. The lowest BCUT2D eigenvalue weighted by Crippen LogP contribution is -2.24. The van der Waals surface area contributed by atoms with Gasteiger partial charge in [-0.1, -0.05) is 41.9 Å². The Balaban J connectivity index is 1.44. The molecule has 8 nitrogen and oxygen atoms in total. The molecule has 4 rings (SSSR count). The van der Waals surface area contributed by atoms with Gasteiger partial charge in [0.1, 0.15) is 12.4 Å². The van der Waals surface area contributed by atoms with Crippen LogP contribution in [0.15, 0.2) is 48.5 Å². The van der Waals surface area contributed by atoms with Gasteiger partial charge in [0.05, 0.1) is 5.69 Å². The molecule has 1 aliphatic heterocycles. The number of anilines is 2. The molecule has 0 spiro atoms. The van der Waals surface area contributed by atoms with Crippen LogP contribution in [0.4, 0.5) is 16.3 Å². The highest BCUT2D eigenvalue weighted by molar-refractivity contribution is 6.31. The molecule has 3 N–H and O–H groups in total. The van der Waals surface area contributed by atoms with Crippen LogP contribution in [-0.2, 0) is 31.4 Å². The summed E-state index contributed by atoms with van der Waals surface area (Å²) in [5.41, 5.74) is 3.51. The summed E-state index contributed by atoms with van der Waals surface area (Å²) in [4.78, 5) is 25.0. The molecule has 0 unspecified atom stereocenters. The predicted molar refractivity (Wildman–Crippen MR) is 118 cm³/mol. The Morgan fingerprint density at radius 1 is 1.19 bits per heavy atom. The number of ether oxygens (including phenoxy) is 1. The maximum absolute atomic E-state index is 12.9. The number of rotatable bonds is 5. The highest BCUT2D eigenvalue weighted by Crippen LogP contribution is 2.25. The van der Waals surface area contributed by atoms with Gasteiger partial charge in [0.25, 0.3) is 5.91 Å². The van der Waals surface area contributed by atoms with E-state index in [0.29, 0.717) is 28.6 Å². The molecule has 1 aliphatic rings. The third-order valence-electron chi connectivity index (χ3n) is 4.92. The first-order valence-electron chi connectivity index (χ1n) is 9.84. The van der Waals surface area contributed by atoms with Crippen LogP contribution >= 0.6 is 11.6 Å². The van der Waals surface area contributed by atoms with Crippen LogP contribution < -0.4 is 16.0 Å². The van der Waals surface area contributed by atoms with Crippen molar-refractivity contribution < 1.29 is 14.3 Å². The molecule has 160 valence electrons. The summed E-state index contributed by atoms with van der Waals surface area (Å²) < 4.78 is 6.89. The maximum atomic E-state index is 12.9. The third kappa shape index (κ3) is 5.04. The first kappa shape index (κ1) is 20.9. The molecule has 0 atom stereocenters. The molecule has 0 fully saturated rings. The Morgan fingerprint density at radius 3 is 2.81 bits per heavy atom. The molecule has 2 heterocycles. The molecule has 1 aromatic heterocycles. The van der Waals surface area contributed by atoms with Crippen molar-refractivity contribution in [3.8, 4) is 0 Å². The van der Waals surface area contributed by atoms with E-state index in [1.165, 1.54) is 0 Å². The monoisotopic (exact) mass is 439 g/mol. The van der Waals surface area contributed by atoms with Gasteiger partial charge in [-0.05, 0) is 36.7 Å². The van der Waals surface area contributed by atoms with Crippen LogP contribution in [0.1, 0.15) is 27.2 Å². The van der Waals surface area contributed by atoms with Crippen LogP contribution in [0.3, 0.4) is 0 Å². The molecule has 0 aliphatic carbocycles. The first-order valence-corrected chi connectivity index (χ1v) is 10.2. The molecular formula is C22H22ClN5O3. The highest BCUT2D eigenvalue weighted by Gasteiger charge is 2.21. The number of hydrogen-bond donors (Lipinski definition) is 3. The second kappa shape index (κ2) is 9.20. The van der Waals surface area contributed by atoms with E-state index >= 15 is 0 Å². The SMILES string of the molecule is Cn1nc2c(c1NC(=O)c1cc(Cl)cc(NC(=O)OCc3ccccc3)c1)CCNC2. The number of fused-ring (bicyclic) bond motifs is 1. The van der Waals surface area contributed by atoms with E-state index in [4.69, 9.17) is 16.3 Å². The lowest BCUT2D eigenvalue weighted by molar-refractivity contribution is 0.102. The Bertz CT molecular complexity index is 1110. The lowest BCUT2D eigenvalue weighted by Gasteiger charge is -2.14. The maximum Gasteiger partial charge on any atom is 0.411 e. The minimum atomic E-state index is -0.634. The Labute approximate surface area is 184 Å². The standard InChI is InChI=1S/C22H22ClN5O3/c1-28-20(18-7-8-24-12-19(18)27-28)26-21(29)15-9-16(23)11-17(10-15)25-22(30)31-13-14-5-3-2-4-6-14/h2-6,9-11,24H,7-8,12-13H2,1H3,(H,25,30)(H,26,29). The zero-order chi connectivity index (χ0) is 21.8. The van der Waals surface area contributed by atoms with Gasteiger partial charge in [0.15, 0.2) is 0 Å². The molecule has 0 radical (unpaired) electrons. The van der Waals surface area contributed by atoms with Crippen molar-refractivity contribution >= 4 is 35.1 Å². The molecule has 9 heteroatoms. The van der Waals surface area contributed by atoms with Gasteiger partial charge in [-0.3, -0.25) is 14.8 Å². The van der Waals surface area contributed by atoms with Crippen molar-refractivity contribution in [2.24, 2.45) is 7.05 Å². The van der Waals surface area contributed by atoms with Gasteiger partial charge in [-0.15, -0.1) is 0 Å². The summed E-state index contributed by atoms with van der Waals surface area (Å²) in [6.45, 7) is 1.65. The van der Waals surface area contributed by atoms with Crippen molar-refractivity contribution in [3.05, 3.63) is 75.9 Å². The second-order valence-electron chi connectivity index (χ2n) is 7.19. The Kier molecular flexibility index (Phi) is 6.20. The van der Waals surface area contributed by atoms with Gasteiger partial charge in [-0.2, -0.15) is 5.10 Å². The number of carbonyl (C=O) groups is 2. The van der Waals surface area contributed by atoms with Crippen molar-refractivity contribution in [2.45, 2.75) is 19.6 Å². The summed E-state index contributed by atoms with van der Waals surface area (Å²) in [7, 11) is 1.79. The number of carbonyl (C=O) groups excluding carboxylic acids is 2. The van der Waals surface area contributed by atoms with Gasteiger partial charge >= 0.3 is 6.09 Å². The molecule has 2 aromatic carbocycles. The predicted octanol–water partition coefficient (Wildman–Crippen LogP) is 3.72. The van der Waals surface area contributed by atoms with Crippen molar-refractivity contribution in [2.75, 3.05) is 17.2 Å². The van der Waals surface area contributed by atoms with Crippen molar-refractivity contribution in [1.82, 2.24) is 15.1 Å². The molecule has 0 bridgehead atoms. The van der Waals surface area contributed by atoms with Crippen LogP contribution in [0.5, 0.6) is 0 Å². The topological polar surface area (TPSA) is 97.3 Å². The smallest absolute Gasteiger partial charge is 0.411 e. The number of nitrogens with one attached hydrogen (secondary N) is 3. The fourth-order valence-electron chi connectivity index (χ4n) is 3.45. The fraction of sp³-hybridized carbons (Fsp3) is 0.227. The molecule has 31 heavy (non-hydrogen) atoms. The zero-order valence-corrected chi connectivity index (χ0v) is 17.7. The van der Waals surface area contributed by atoms with Gasteiger partial charge in [0, 0.05) is 35.4 Å². The number of aryl methyl sites for hydroxylation is 1. The van der Waals surface area contributed by atoms with E-state index in [1.807, 2.05) is 30.3 Å². The fourth-order valence-corrected chi connectivity index (χ4v) is 3.69. The van der Waals surface area contributed by atoms with Crippen LogP contribution in [0, 0.1) is 0 Å². The number of amides is 2. The largest absolute Gasteiger partial charge is 0.444 e. The van der Waals surface area contributed by atoms with E-state index < -0.39 is 6.09 Å². The number of aromatic nitrogens is 2. The van der Waals surface area contributed by atoms with Crippen molar-refractivity contribution in [1.29, 1.82) is 0 Å². The molecular weight excluding hydrogens is 418 g/mol. The molecule has 3 aromatic rings. The minimum absolute atomic E-state index is 0.140. The third-order valence-corrected chi connectivity index (χ3v) is 5.14. The van der Waals surface area contributed by atoms with Crippen LogP contribution in [0.25, 0.3) is 0 Å². The van der Waals surface area contributed by atoms with Gasteiger partial charge < -0.3 is 15.4 Å². The zero-order valence-electron chi connectivity index (χ0n) is 16.9. The average Bonchev–Trinajstić information content (AvgIpc) is 3.07. The van der Waals surface area contributed by atoms with Crippen LogP contribution in [-0.4, -0.2) is 28.3 Å². The van der Waals surface area contributed by atoms with E-state index in [9.17, 15) is 9.59 Å². The van der Waals surface area contributed by atoms with E-state index in [1.54, 1.807) is 29.9 Å². The molecule has 0 saturated heterocycles. The molecule has 0 saturated carbocycles. The summed E-state index contributed by atoms with van der Waals surface area (Å²) >= 11 is 6.18. The minimum Gasteiger partial charge on any atom is -0.444 e. The number of nitrogens with zero attached hydrogens (tertiary/aromatic N) is 2. The average molecular weight is 440 g/mol. The first-order chi connectivity index (χ1) is 15.0. The van der Waals surface area contributed by atoms with E-state index in [0.717, 1.165) is 29.8 Å². The lowest BCUT2D eigenvalue weighted by atomic mass is 10.1. The van der Waals surface area contributed by atoms with E-state index in [-0.39, 0.29) is 12.5 Å². The normalized spacial score (nSPS) is 12.7. The quantitative estimate of drug-likeness (QED) is 0.563. The van der Waals surface area contributed by atoms with Gasteiger partial charge in [0.2, 0.25) is 0 Å². The Hall–Kier alpha value is -3.36. The number of benzene rings is 2. The van der Waals surface area contributed by atoms with Gasteiger partial charge in [-0.25, -0.2) is 4.79 Å². The Morgan fingerprint density at radius 2 is 2.00 bits per heavy atom. The summed E-state index contributed by atoms with van der Waals surface area (Å²) in [6.07, 6.45) is 0.152. The number of hydrogen-bond acceptors (Lipinski definition) is 5. The van der Waals surface area contributed by atoms with Crippen LogP contribution in [0.2, 0.25) is 5.02 Å². The second-order valence-corrected chi connectivity index (χ2v) is 7.63. The summed E-state index contributed by atoms with van der Waals surface area (Å²) in [5, 5.41) is 13.6. The summed E-state index contributed by atoms with van der Waals surface area (Å²) in [5.74, 6) is 0.325.